The van der Waals surface area contributed by atoms with Gasteiger partial charge in [-0.2, -0.15) is 0 Å². The van der Waals surface area contributed by atoms with Crippen molar-refractivity contribution in [2.75, 3.05) is 22.8 Å². The molecular formula is C14H16N2O4S. The zero-order valence-corrected chi connectivity index (χ0v) is 12.0. The zero-order chi connectivity index (χ0) is 15.3. The molecular weight excluding hydrogens is 292 g/mol. The van der Waals surface area contributed by atoms with Crippen molar-refractivity contribution in [2.24, 2.45) is 0 Å². The number of aromatic hydroxyl groups is 1. The molecule has 6 nitrogen and oxygen atoms in total. The van der Waals surface area contributed by atoms with Gasteiger partial charge in [0, 0.05) is 11.8 Å². The molecule has 0 saturated carbocycles. The van der Waals surface area contributed by atoms with Gasteiger partial charge in [-0.3, -0.25) is 4.72 Å². The van der Waals surface area contributed by atoms with Crippen molar-refractivity contribution in [2.45, 2.75) is 0 Å². The van der Waals surface area contributed by atoms with Gasteiger partial charge in [-0.05, 0) is 36.4 Å². The fourth-order valence-corrected chi connectivity index (χ4v) is 2.52. The van der Waals surface area contributed by atoms with Crippen LogP contribution in [0.25, 0.3) is 0 Å². The van der Waals surface area contributed by atoms with Gasteiger partial charge in [0.15, 0.2) is 0 Å². The van der Waals surface area contributed by atoms with Crippen molar-refractivity contribution in [1.29, 1.82) is 0 Å². The quantitative estimate of drug-likeness (QED) is 0.706. The van der Waals surface area contributed by atoms with Crippen LogP contribution in [0.4, 0.5) is 11.4 Å². The fourth-order valence-electron chi connectivity index (χ4n) is 1.63. The number of nitrogens with two attached hydrogens (primary N) is 1. The molecule has 0 aliphatic carbocycles. The fraction of sp³-hybridized carbons (Fsp3) is 0.143. The van der Waals surface area contributed by atoms with E-state index in [1.54, 1.807) is 36.4 Å². The highest BCUT2D eigenvalue weighted by molar-refractivity contribution is 7.92. The molecule has 0 radical (unpaired) electrons. The molecule has 21 heavy (non-hydrogen) atoms. The SMILES string of the molecule is Nc1ccc(OCCS(=O)(=O)Nc2cccc(O)c2)cc1. The van der Waals surface area contributed by atoms with Crippen LogP contribution in [0.3, 0.4) is 0 Å². The minimum Gasteiger partial charge on any atom is -0.508 e. The first-order valence-corrected chi connectivity index (χ1v) is 7.88. The summed E-state index contributed by atoms with van der Waals surface area (Å²) in [6, 6.07) is 12.6. The summed E-state index contributed by atoms with van der Waals surface area (Å²) in [5, 5.41) is 9.29. The molecule has 2 aromatic rings. The number of hydrogen-bond acceptors (Lipinski definition) is 5. The molecule has 0 fully saturated rings. The Hall–Kier alpha value is -2.41. The molecule has 0 aliphatic heterocycles. The molecule has 112 valence electrons. The predicted octanol–water partition coefficient (Wildman–Crippen LogP) is 1.80. The Bertz CT molecular complexity index is 699. The van der Waals surface area contributed by atoms with Crippen molar-refractivity contribution >= 4 is 21.4 Å². The number of sulfonamides is 1. The van der Waals surface area contributed by atoms with Crippen LogP contribution in [0, 0.1) is 0 Å². The lowest BCUT2D eigenvalue weighted by Gasteiger charge is -2.09. The first-order valence-electron chi connectivity index (χ1n) is 6.22. The average molecular weight is 308 g/mol. The summed E-state index contributed by atoms with van der Waals surface area (Å²) in [6.45, 7) is 0.0120. The minimum atomic E-state index is -3.54. The summed E-state index contributed by atoms with van der Waals surface area (Å²) in [5.41, 5.74) is 6.46. The van der Waals surface area contributed by atoms with E-state index in [9.17, 15) is 13.5 Å². The van der Waals surface area contributed by atoms with Gasteiger partial charge in [0.25, 0.3) is 0 Å². The maximum Gasteiger partial charge on any atom is 0.236 e. The lowest BCUT2D eigenvalue weighted by Crippen LogP contribution is -2.21. The van der Waals surface area contributed by atoms with Gasteiger partial charge >= 0.3 is 0 Å². The highest BCUT2D eigenvalue weighted by Gasteiger charge is 2.11. The van der Waals surface area contributed by atoms with E-state index in [0.29, 0.717) is 17.1 Å². The van der Waals surface area contributed by atoms with E-state index < -0.39 is 10.0 Å². The maximum absolute atomic E-state index is 11.9. The van der Waals surface area contributed by atoms with E-state index in [0.717, 1.165) is 0 Å². The van der Waals surface area contributed by atoms with Crippen LogP contribution in [0.1, 0.15) is 0 Å². The van der Waals surface area contributed by atoms with Crippen molar-refractivity contribution in [1.82, 2.24) is 0 Å². The second kappa shape index (κ2) is 6.36. The molecule has 7 heteroatoms. The van der Waals surface area contributed by atoms with Crippen molar-refractivity contribution in [3.8, 4) is 11.5 Å². The van der Waals surface area contributed by atoms with Crippen LogP contribution in [0.5, 0.6) is 11.5 Å². The van der Waals surface area contributed by atoms with Crippen LogP contribution in [-0.4, -0.2) is 25.9 Å². The smallest absolute Gasteiger partial charge is 0.236 e. The van der Waals surface area contributed by atoms with E-state index in [-0.39, 0.29) is 18.1 Å². The molecule has 2 aromatic carbocycles. The molecule has 4 N–H and O–H groups in total. The molecule has 0 atom stereocenters. The second-order valence-electron chi connectivity index (χ2n) is 4.39. The predicted molar refractivity (Wildman–Crippen MR) is 81.9 cm³/mol. The van der Waals surface area contributed by atoms with E-state index in [2.05, 4.69) is 4.72 Å². The number of hydrogen-bond donors (Lipinski definition) is 3. The number of benzene rings is 2. The lowest BCUT2D eigenvalue weighted by molar-refractivity contribution is 0.341. The third-order valence-corrected chi connectivity index (χ3v) is 3.87. The summed E-state index contributed by atoms with van der Waals surface area (Å²) < 4.78 is 31.4. The number of rotatable bonds is 6. The Balaban J connectivity index is 1.88. The van der Waals surface area contributed by atoms with Gasteiger partial charge in [-0.25, -0.2) is 8.42 Å². The van der Waals surface area contributed by atoms with Crippen molar-refractivity contribution in [3.05, 3.63) is 48.5 Å². The molecule has 0 bridgehead atoms. The largest absolute Gasteiger partial charge is 0.508 e. The zero-order valence-electron chi connectivity index (χ0n) is 11.2. The van der Waals surface area contributed by atoms with E-state index >= 15 is 0 Å². The molecule has 0 spiro atoms. The topological polar surface area (TPSA) is 102 Å². The summed E-state index contributed by atoms with van der Waals surface area (Å²) in [5.74, 6) is 0.345. The molecule has 0 aliphatic rings. The Morgan fingerprint density at radius 2 is 1.86 bits per heavy atom. The van der Waals surface area contributed by atoms with Crippen LogP contribution in [0.2, 0.25) is 0 Å². The standard InChI is InChI=1S/C14H16N2O4S/c15-11-4-6-14(7-5-11)20-8-9-21(18,19)16-12-2-1-3-13(17)10-12/h1-7,10,16-17H,8-9,15H2. The first-order chi connectivity index (χ1) is 9.94. The summed E-state index contributed by atoms with van der Waals surface area (Å²) in [7, 11) is -3.54. The van der Waals surface area contributed by atoms with Crippen molar-refractivity contribution < 1.29 is 18.3 Å². The minimum absolute atomic E-state index is 0.00618. The summed E-state index contributed by atoms with van der Waals surface area (Å²) >= 11 is 0. The first kappa shape index (κ1) is 15.0. The van der Waals surface area contributed by atoms with E-state index in [1.165, 1.54) is 12.1 Å². The van der Waals surface area contributed by atoms with E-state index in [1.807, 2.05) is 0 Å². The Labute approximate surface area is 123 Å². The average Bonchev–Trinajstić information content (AvgIpc) is 2.40. The highest BCUT2D eigenvalue weighted by Crippen LogP contribution is 2.17. The molecule has 0 amide bonds. The normalized spacial score (nSPS) is 11.0. The van der Waals surface area contributed by atoms with Crippen molar-refractivity contribution in [3.63, 3.8) is 0 Å². The van der Waals surface area contributed by atoms with Crippen LogP contribution in [0.15, 0.2) is 48.5 Å². The van der Waals surface area contributed by atoms with Gasteiger partial charge in [0.05, 0.1) is 5.69 Å². The molecule has 0 aromatic heterocycles. The number of nitrogen functional groups attached to an aromatic ring is 1. The summed E-state index contributed by atoms with van der Waals surface area (Å²) in [6.07, 6.45) is 0. The van der Waals surface area contributed by atoms with Crippen LogP contribution in [-0.2, 0) is 10.0 Å². The molecule has 0 unspecified atom stereocenters. The second-order valence-corrected chi connectivity index (χ2v) is 6.23. The van der Waals surface area contributed by atoms with Crippen LogP contribution >= 0.6 is 0 Å². The van der Waals surface area contributed by atoms with Gasteiger partial charge in [-0.1, -0.05) is 6.07 Å². The third-order valence-electron chi connectivity index (χ3n) is 2.62. The van der Waals surface area contributed by atoms with Gasteiger partial charge in [0.2, 0.25) is 10.0 Å². The molecule has 2 rings (SSSR count). The highest BCUT2D eigenvalue weighted by atomic mass is 32.2. The van der Waals surface area contributed by atoms with Gasteiger partial charge < -0.3 is 15.6 Å². The monoisotopic (exact) mass is 308 g/mol. The lowest BCUT2D eigenvalue weighted by atomic mass is 10.3. The third kappa shape index (κ3) is 4.88. The van der Waals surface area contributed by atoms with Crippen LogP contribution < -0.4 is 15.2 Å². The number of anilines is 2. The number of phenols is 1. The number of ether oxygens (including phenoxy) is 1. The maximum atomic E-state index is 11.9. The Kier molecular flexibility index (Phi) is 4.54. The molecule has 0 saturated heterocycles. The number of nitrogens with one attached hydrogen (secondary N) is 1. The molecule has 0 heterocycles. The van der Waals surface area contributed by atoms with Gasteiger partial charge in [-0.15, -0.1) is 0 Å². The number of phenolic OH excluding ortho intramolecular Hbond substituents is 1. The Morgan fingerprint density at radius 3 is 2.52 bits per heavy atom. The van der Waals surface area contributed by atoms with E-state index in [4.69, 9.17) is 10.5 Å². The Morgan fingerprint density at radius 1 is 1.14 bits per heavy atom. The summed E-state index contributed by atoms with van der Waals surface area (Å²) in [4.78, 5) is 0. The van der Waals surface area contributed by atoms with Gasteiger partial charge in [0.1, 0.15) is 23.9 Å².